The van der Waals surface area contributed by atoms with Gasteiger partial charge in [0, 0.05) is 0 Å². The highest BCUT2D eigenvalue weighted by molar-refractivity contribution is 4.67. The summed E-state index contributed by atoms with van der Waals surface area (Å²) in [5.74, 6) is 0. The van der Waals surface area contributed by atoms with Crippen LogP contribution in [0.5, 0.6) is 0 Å². The fourth-order valence-corrected chi connectivity index (χ4v) is 1.29. The van der Waals surface area contributed by atoms with Gasteiger partial charge in [-0.2, -0.15) is 0 Å². The average Bonchev–Trinajstić information content (AvgIpc) is 2.12. The SMILES string of the molecule is C=CCOC(CC)N(CC)CC. The number of nitrogens with zero attached hydrogens (tertiary/aromatic N) is 1. The summed E-state index contributed by atoms with van der Waals surface area (Å²) in [5, 5.41) is 0. The first kappa shape index (κ1) is 11.7. The predicted octanol–water partition coefficient (Wildman–Crippen LogP) is 2.27. The third kappa shape index (κ3) is 3.88. The van der Waals surface area contributed by atoms with Crippen molar-refractivity contribution in [2.45, 2.75) is 33.4 Å². The van der Waals surface area contributed by atoms with Crippen LogP contribution in [0.25, 0.3) is 0 Å². The lowest BCUT2D eigenvalue weighted by molar-refractivity contribution is -0.0453. The Morgan fingerprint density at radius 1 is 1.33 bits per heavy atom. The minimum absolute atomic E-state index is 0.262. The highest BCUT2D eigenvalue weighted by Gasteiger charge is 2.12. The Morgan fingerprint density at radius 2 is 1.92 bits per heavy atom. The van der Waals surface area contributed by atoms with Crippen LogP contribution >= 0.6 is 0 Å². The van der Waals surface area contributed by atoms with Crippen molar-refractivity contribution >= 4 is 0 Å². The van der Waals surface area contributed by atoms with Crippen LogP contribution in [-0.2, 0) is 4.74 Å². The first-order chi connectivity index (χ1) is 5.79. The van der Waals surface area contributed by atoms with Crippen LogP contribution < -0.4 is 0 Å². The van der Waals surface area contributed by atoms with E-state index in [1.165, 1.54) is 0 Å². The quantitative estimate of drug-likeness (QED) is 0.430. The minimum Gasteiger partial charge on any atom is -0.359 e. The van der Waals surface area contributed by atoms with Crippen molar-refractivity contribution in [2.24, 2.45) is 0 Å². The van der Waals surface area contributed by atoms with Gasteiger partial charge in [-0.15, -0.1) is 6.58 Å². The highest BCUT2D eigenvalue weighted by Crippen LogP contribution is 2.04. The zero-order valence-corrected chi connectivity index (χ0v) is 8.55. The van der Waals surface area contributed by atoms with E-state index in [1.54, 1.807) is 6.08 Å². The molecule has 0 aromatic heterocycles. The summed E-state index contributed by atoms with van der Waals surface area (Å²) < 4.78 is 5.59. The molecule has 0 spiro atoms. The molecule has 0 aliphatic carbocycles. The van der Waals surface area contributed by atoms with Gasteiger partial charge in [-0.3, -0.25) is 4.90 Å². The van der Waals surface area contributed by atoms with E-state index in [4.69, 9.17) is 4.74 Å². The number of hydrogen-bond acceptors (Lipinski definition) is 2. The van der Waals surface area contributed by atoms with Gasteiger partial charge in [0.25, 0.3) is 0 Å². The van der Waals surface area contributed by atoms with Gasteiger partial charge in [-0.1, -0.05) is 26.8 Å². The number of hydrogen-bond donors (Lipinski definition) is 0. The summed E-state index contributed by atoms with van der Waals surface area (Å²) in [5.41, 5.74) is 0. The summed E-state index contributed by atoms with van der Waals surface area (Å²) in [6.45, 7) is 12.8. The second kappa shape index (κ2) is 7.32. The molecule has 0 aliphatic heterocycles. The van der Waals surface area contributed by atoms with E-state index in [0.717, 1.165) is 19.5 Å². The molecular weight excluding hydrogens is 150 g/mol. The molecule has 0 fully saturated rings. The van der Waals surface area contributed by atoms with Crippen LogP contribution in [0.1, 0.15) is 27.2 Å². The summed E-state index contributed by atoms with van der Waals surface area (Å²) >= 11 is 0. The van der Waals surface area contributed by atoms with Gasteiger partial charge in [0.15, 0.2) is 0 Å². The monoisotopic (exact) mass is 171 g/mol. The van der Waals surface area contributed by atoms with Crippen LogP contribution in [0.4, 0.5) is 0 Å². The van der Waals surface area contributed by atoms with Gasteiger partial charge in [-0.05, 0) is 19.5 Å². The molecule has 0 rings (SSSR count). The Kier molecular flexibility index (Phi) is 7.11. The first-order valence-corrected chi connectivity index (χ1v) is 4.76. The van der Waals surface area contributed by atoms with Crippen molar-refractivity contribution in [1.82, 2.24) is 4.90 Å². The third-order valence-electron chi connectivity index (χ3n) is 1.98. The summed E-state index contributed by atoms with van der Waals surface area (Å²) in [4.78, 5) is 2.31. The second-order valence-electron chi connectivity index (χ2n) is 2.71. The molecule has 0 aliphatic rings. The summed E-state index contributed by atoms with van der Waals surface area (Å²) in [7, 11) is 0. The van der Waals surface area contributed by atoms with Crippen LogP contribution in [0.3, 0.4) is 0 Å². The summed E-state index contributed by atoms with van der Waals surface area (Å²) in [6, 6.07) is 0. The van der Waals surface area contributed by atoms with Crippen molar-refractivity contribution in [3.05, 3.63) is 12.7 Å². The summed E-state index contributed by atoms with van der Waals surface area (Å²) in [6.07, 6.45) is 3.10. The molecule has 12 heavy (non-hydrogen) atoms. The molecule has 0 N–H and O–H groups in total. The van der Waals surface area contributed by atoms with Crippen molar-refractivity contribution in [3.63, 3.8) is 0 Å². The van der Waals surface area contributed by atoms with Gasteiger partial charge in [-0.25, -0.2) is 0 Å². The van der Waals surface area contributed by atoms with E-state index in [1.807, 2.05) is 0 Å². The van der Waals surface area contributed by atoms with E-state index in [-0.39, 0.29) is 6.23 Å². The molecule has 0 saturated heterocycles. The van der Waals surface area contributed by atoms with Crippen molar-refractivity contribution in [3.8, 4) is 0 Å². The molecule has 1 unspecified atom stereocenters. The van der Waals surface area contributed by atoms with Crippen LogP contribution in [-0.4, -0.2) is 30.8 Å². The van der Waals surface area contributed by atoms with Crippen LogP contribution in [0, 0.1) is 0 Å². The predicted molar refractivity (Wildman–Crippen MR) is 53.1 cm³/mol. The smallest absolute Gasteiger partial charge is 0.110 e. The van der Waals surface area contributed by atoms with Gasteiger partial charge in [0.1, 0.15) is 6.23 Å². The van der Waals surface area contributed by atoms with Gasteiger partial charge >= 0.3 is 0 Å². The lowest BCUT2D eigenvalue weighted by atomic mass is 10.3. The van der Waals surface area contributed by atoms with E-state index >= 15 is 0 Å². The Hall–Kier alpha value is -0.340. The van der Waals surface area contributed by atoms with Crippen molar-refractivity contribution in [2.75, 3.05) is 19.7 Å². The normalized spacial score (nSPS) is 13.3. The lowest BCUT2D eigenvalue weighted by Crippen LogP contribution is -2.36. The zero-order valence-electron chi connectivity index (χ0n) is 8.55. The molecular formula is C10H21NO. The van der Waals surface area contributed by atoms with Gasteiger partial charge in [0.2, 0.25) is 0 Å². The van der Waals surface area contributed by atoms with Crippen LogP contribution in [0.2, 0.25) is 0 Å². The first-order valence-electron chi connectivity index (χ1n) is 4.76. The molecule has 72 valence electrons. The molecule has 1 atom stereocenters. The van der Waals surface area contributed by atoms with E-state index in [9.17, 15) is 0 Å². The highest BCUT2D eigenvalue weighted by atomic mass is 16.5. The maximum absolute atomic E-state index is 5.59. The van der Waals surface area contributed by atoms with Crippen molar-refractivity contribution < 1.29 is 4.74 Å². The molecule has 2 nitrogen and oxygen atoms in total. The molecule has 0 heterocycles. The Labute approximate surface area is 76.2 Å². The fraction of sp³-hybridized carbons (Fsp3) is 0.800. The fourth-order valence-electron chi connectivity index (χ4n) is 1.29. The zero-order chi connectivity index (χ0) is 9.40. The molecule has 0 radical (unpaired) electrons. The third-order valence-corrected chi connectivity index (χ3v) is 1.98. The lowest BCUT2D eigenvalue weighted by Gasteiger charge is -2.28. The van der Waals surface area contributed by atoms with Gasteiger partial charge < -0.3 is 4.74 Å². The topological polar surface area (TPSA) is 12.5 Å². The molecule has 0 saturated carbocycles. The van der Waals surface area contributed by atoms with E-state index in [2.05, 4.69) is 32.3 Å². The Balaban J connectivity index is 3.83. The molecule has 2 heteroatoms. The second-order valence-corrected chi connectivity index (χ2v) is 2.71. The molecule has 0 bridgehead atoms. The van der Waals surface area contributed by atoms with Crippen molar-refractivity contribution in [1.29, 1.82) is 0 Å². The Morgan fingerprint density at radius 3 is 2.25 bits per heavy atom. The van der Waals surface area contributed by atoms with Crippen LogP contribution in [0.15, 0.2) is 12.7 Å². The number of ether oxygens (including phenoxy) is 1. The maximum atomic E-state index is 5.59. The van der Waals surface area contributed by atoms with E-state index in [0.29, 0.717) is 6.61 Å². The molecule has 0 aromatic rings. The average molecular weight is 171 g/mol. The maximum Gasteiger partial charge on any atom is 0.110 e. The Bertz CT molecular complexity index is 110. The largest absolute Gasteiger partial charge is 0.359 e. The minimum atomic E-state index is 0.262. The standard InChI is InChI=1S/C10H21NO/c1-5-9-12-10(6-2)11(7-3)8-4/h5,10H,1,6-9H2,2-4H3. The molecule has 0 amide bonds. The number of rotatable bonds is 7. The molecule has 0 aromatic carbocycles. The van der Waals surface area contributed by atoms with E-state index < -0.39 is 0 Å². The van der Waals surface area contributed by atoms with Gasteiger partial charge in [0.05, 0.1) is 6.61 Å².